The van der Waals surface area contributed by atoms with Crippen molar-refractivity contribution in [2.24, 2.45) is 0 Å². The Balaban J connectivity index is 3.35. The number of phenols is 1. The molecule has 0 aromatic heterocycles. The second-order valence-electron chi connectivity index (χ2n) is 2.65. The highest BCUT2D eigenvalue weighted by atomic mass is 35.5. The molecule has 1 aromatic carbocycles. The van der Waals surface area contributed by atoms with Crippen molar-refractivity contribution < 1.29 is 14.3 Å². The highest BCUT2D eigenvalue weighted by Gasteiger charge is 2.12. The van der Waals surface area contributed by atoms with Gasteiger partial charge in [-0.1, -0.05) is 0 Å². The van der Waals surface area contributed by atoms with E-state index in [2.05, 4.69) is 0 Å². The largest absolute Gasteiger partial charge is 0.507 e. The van der Waals surface area contributed by atoms with E-state index >= 15 is 0 Å². The lowest BCUT2D eigenvalue weighted by Crippen LogP contribution is -1.96. The maximum absolute atomic E-state index is 12.8. The van der Waals surface area contributed by atoms with Gasteiger partial charge >= 0.3 is 0 Å². The average molecular weight is 203 g/mol. The molecule has 1 aromatic rings. The fourth-order valence-corrected chi connectivity index (χ4v) is 1.23. The molecule has 0 aliphatic heterocycles. The lowest BCUT2D eigenvalue weighted by molar-refractivity contribution is 0.101. The van der Waals surface area contributed by atoms with Gasteiger partial charge in [0.1, 0.15) is 11.6 Å². The molecule has 0 atom stereocenters. The molecule has 0 saturated heterocycles. The lowest BCUT2D eigenvalue weighted by Gasteiger charge is -2.05. The number of phenolic OH excluding ortho intramolecular Hbond substituents is 1. The fourth-order valence-electron chi connectivity index (χ4n) is 1.03. The van der Waals surface area contributed by atoms with E-state index in [-0.39, 0.29) is 28.5 Å². The van der Waals surface area contributed by atoms with E-state index in [4.69, 9.17) is 11.6 Å². The van der Waals surface area contributed by atoms with E-state index in [1.54, 1.807) is 0 Å². The van der Waals surface area contributed by atoms with Gasteiger partial charge in [0.05, 0.1) is 11.4 Å². The Labute approximate surface area is 80.0 Å². The number of halogens is 2. The Morgan fingerprint density at radius 2 is 2.23 bits per heavy atom. The zero-order valence-corrected chi connectivity index (χ0v) is 7.73. The third kappa shape index (κ3) is 1.98. The number of rotatable bonds is 2. The highest BCUT2D eigenvalue weighted by Crippen LogP contribution is 2.25. The van der Waals surface area contributed by atoms with Gasteiger partial charge in [0, 0.05) is 5.56 Å². The van der Waals surface area contributed by atoms with Crippen LogP contribution in [0.25, 0.3) is 0 Å². The van der Waals surface area contributed by atoms with Crippen LogP contribution >= 0.6 is 11.6 Å². The Morgan fingerprint density at radius 3 is 2.69 bits per heavy atom. The number of ketones is 1. The summed E-state index contributed by atoms with van der Waals surface area (Å²) in [5.74, 6) is -1.21. The molecule has 0 radical (unpaired) electrons. The van der Waals surface area contributed by atoms with Crippen molar-refractivity contribution in [2.45, 2.75) is 12.8 Å². The molecule has 0 amide bonds. The van der Waals surface area contributed by atoms with Gasteiger partial charge in [-0.25, -0.2) is 4.39 Å². The van der Waals surface area contributed by atoms with E-state index in [9.17, 15) is 14.3 Å². The minimum absolute atomic E-state index is 0.0239. The molecular weight excluding hydrogens is 195 g/mol. The van der Waals surface area contributed by atoms with Gasteiger partial charge in [-0.05, 0) is 19.1 Å². The number of benzene rings is 1. The maximum atomic E-state index is 12.8. The molecule has 4 heteroatoms. The van der Waals surface area contributed by atoms with Crippen molar-refractivity contribution >= 4 is 17.4 Å². The normalized spacial score (nSPS) is 10.1. The number of Topliss-reactive ketones (excluding diaryl/α,β-unsaturated/α-hetero) is 1. The van der Waals surface area contributed by atoms with Crippen LogP contribution < -0.4 is 0 Å². The Bertz CT molecular complexity index is 350. The van der Waals surface area contributed by atoms with E-state index in [0.717, 1.165) is 12.1 Å². The predicted octanol–water partition coefficient (Wildman–Crippen LogP) is 2.47. The maximum Gasteiger partial charge on any atom is 0.163 e. The van der Waals surface area contributed by atoms with Crippen molar-refractivity contribution in [1.29, 1.82) is 0 Å². The number of hydrogen-bond acceptors (Lipinski definition) is 2. The molecule has 1 N–H and O–H groups in total. The van der Waals surface area contributed by atoms with Crippen LogP contribution in [-0.4, -0.2) is 10.9 Å². The molecule has 13 heavy (non-hydrogen) atoms. The molecule has 0 fully saturated rings. The van der Waals surface area contributed by atoms with Crippen molar-refractivity contribution in [3.05, 3.63) is 29.1 Å². The molecule has 70 valence electrons. The summed E-state index contributed by atoms with van der Waals surface area (Å²) >= 11 is 5.44. The molecular formula is C9H8ClFO2. The number of hydrogen-bond donors (Lipinski definition) is 1. The molecule has 0 bridgehead atoms. The van der Waals surface area contributed by atoms with Crippen LogP contribution in [0.4, 0.5) is 4.39 Å². The van der Waals surface area contributed by atoms with Gasteiger partial charge in [0.2, 0.25) is 0 Å². The summed E-state index contributed by atoms with van der Waals surface area (Å²) in [7, 11) is 0. The molecule has 0 aliphatic rings. The van der Waals surface area contributed by atoms with Crippen LogP contribution in [0.1, 0.15) is 22.8 Å². The van der Waals surface area contributed by atoms with Gasteiger partial charge < -0.3 is 5.11 Å². The summed E-state index contributed by atoms with van der Waals surface area (Å²) in [6.45, 7) is 1.26. The molecule has 0 heterocycles. The number of alkyl halides is 1. The molecule has 2 nitrogen and oxygen atoms in total. The van der Waals surface area contributed by atoms with Crippen LogP contribution in [0, 0.1) is 5.82 Å². The first-order chi connectivity index (χ1) is 6.06. The van der Waals surface area contributed by atoms with E-state index < -0.39 is 5.82 Å². The zero-order chi connectivity index (χ0) is 10.0. The van der Waals surface area contributed by atoms with Gasteiger partial charge in [-0.15, -0.1) is 11.6 Å². The van der Waals surface area contributed by atoms with Gasteiger partial charge in [-0.2, -0.15) is 0 Å². The van der Waals surface area contributed by atoms with Crippen LogP contribution in [0.2, 0.25) is 0 Å². The summed E-state index contributed by atoms with van der Waals surface area (Å²) in [5, 5.41) is 9.41. The molecule has 0 saturated carbocycles. The third-order valence-electron chi connectivity index (χ3n) is 1.68. The third-order valence-corrected chi connectivity index (χ3v) is 1.96. The molecule has 1 rings (SSSR count). The summed E-state index contributed by atoms with van der Waals surface area (Å²) in [6.07, 6.45) is 0. The van der Waals surface area contributed by atoms with Crippen molar-refractivity contribution in [3.8, 4) is 5.75 Å². The van der Waals surface area contributed by atoms with Crippen molar-refractivity contribution in [2.75, 3.05) is 0 Å². The quantitative estimate of drug-likeness (QED) is 0.591. The van der Waals surface area contributed by atoms with E-state index in [1.165, 1.54) is 6.92 Å². The summed E-state index contributed by atoms with van der Waals surface area (Å²) in [4.78, 5) is 10.9. The average Bonchev–Trinajstić information content (AvgIpc) is 2.08. The van der Waals surface area contributed by atoms with Crippen molar-refractivity contribution in [1.82, 2.24) is 0 Å². The van der Waals surface area contributed by atoms with Crippen LogP contribution in [-0.2, 0) is 5.88 Å². The van der Waals surface area contributed by atoms with Crippen LogP contribution in [0.15, 0.2) is 12.1 Å². The van der Waals surface area contributed by atoms with E-state index in [1.807, 2.05) is 0 Å². The first-order valence-corrected chi connectivity index (χ1v) is 4.18. The minimum atomic E-state index is -0.571. The monoisotopic (exact) mass is 202 g/mol. The summed E-state index contributed by atoms with van der Waals surface area (Å²) in [5.41, 5.74) is 0.197. The van der Waals surface area contributed by atoms with Gasteiger partial charge in [0.25, 0.3) is 0 Å². The minimum Gasteiger partial charge on any atom is -0.507 e. The fraction of sp³-hybridized carbons (Fsp3) is 0.222. The number of aromatic hydroxyl groups is 1. The van der Waals surface area contributed by atoms with Crippen LogP contribution in [0.5, 0.6) is 5.75 Å². The van der Waals surface area contributed by atoms with Crippen LogP contribution in [0.3, 0.4) is 0 Å². The van der Waals surface area contributed by atoms with Gasteiger partial charge in [0.15, 0.2) is 5.78 Å². The predicted molar refractivity (Wildman–Crippen MR) is 47.6 cm³/mol. The first kappa shape index (κ1) is 9.99. The number of carbonyl (C=O) groups is 1. The van der Waals surface area contributed by atoms with Crippen molar-refractivity contribution in [3.63, 3.8) is 0 Å². The van der Waals surface area contributed by atoms with E-state index in [0.29, 0.717) is 0 Å². The Hall–Kier alpha value is -1.09. The molecule has 0 unspecified atom stereocenters. The highest BCUT2D eigenvalue weighted by molar-refractivity contribution is 6.17. The topological polar surface area (TPSA) is 37.3 Å². The summed E-state index contributed by atoms with van der Waals surface area (Å²) < 4.78 is 12.8. The second-order valence-corrected chi connectivity index (χ2v) is 2.92. The first-order valence-electron chi connectivity index (χ1n) is 3.64. The second kappa shape index (κ2) is 3.75. The zero-order valence-electron chi connectivity index (χ0n) is 6.97. The standard InChI is InChI=1S/C9H8ClFO2/c1-5(12)8-3-7(11)2-6(4-10)9(8)13/h2-3,13H,4H2,1H3. The molecule has 0 spiro atoms. The van der Waals surface area contributed by atoms with Gasteiger partial charge in [-0.3, -0.25) is 4.79 Å². The summed E-state index contributed by atoms with van der Waals surface area (Å²) in [6, 6.07) is 2.10. The smallest absolute Gasteiger partial charge is 0.163 e. The Kier molecular flexibility index (Phi) is 2.88. The lowest BCUT2D eigenvalue weighted by atomic mass is 10.1. The Morgan fingerprint density at radius 1 is 1.62 bits per heavy atom. The SMILES string of the molecule is CC(=O)c1cc(F)cc(CCl)c1O. The molecule has 0 aliphatic carbocycles. The number of carbonyl (C=O) groups excluding carboxylic acids is 1.